The molecule has 2 nitrogen and oxygen atoms in total. The van der Waals surface area contributed by atoms with E-state index in [0.717, 1.165) is 35.7 Å². The van der Waals surface area contributed by atoms with Gasteiger partial charge in [-0.05, 0) is 29.3 Å². The predicted octanol–water partition coefficient (Wildman–Crippen LogP) is 3.79. The standard InChI is InChI=1S/C15H17NO.ClH/c1-2-3-10-16-15(17)14-9-8-12-6-4-5-7-13(12)11-14;/h4-9,11H,2-3,10H2,1H3,(H,16,17);1H. The van der Waals surface area contributed by atoms with Crippen LogP contribution >= 0.6 is 12.4 Å². The van der Waals surface area contributed by atoms with Gasteiger partial charge in [0.25, 0.3) is 5.91 Å². The van der Waals surface area contributed by atoms with Gasteiger partial charge in [-0.2, -0.15) is 0 Å². The second-order valence-electron chi connectivity index (χ2n) is 4.17. The summed E-state index contributed by atoms with van der Waals surface area (Å²) >= 11 is 0. The fourth-order valence-electron chi connectivity index (χ4n) is 1.81. The molecule has 0 heterocycles. The van der Waals surface area contributed by atoms with Crippen LogP contribution in [-0.2, 0) is 0 Å². The predicted molar refractivity (Wildman–Crippen MR) is 78.4 cm³/mol. The molecule has 0 aliphatic heterocycles. The normalized spacial score (nSPS) is 9.83. The van der Waals surface area contributed by atoms with Crippen LogP contribution in [0.5, 0.6) is 0 Å². The highest BCUT2D eigenvalue weighted by molar-refractivity contribution is 5.98. The van der Waals surface area contributed by atoms with Gasteiger partial charge in [0.1, 0.15) is 0 Å². The van der Waals surface area contributed by atoms with Crippen molar-refractivity contribution in [3.8, 4) is 0 Å². The van der Waals surface area contributed by atoms with Crippen molar-refractivity contribution in [2.45, 2.75) is 19.8 Å². The molecule has 0 radical (unpaired) electrons. The van der Waals surface area contributed by atoms with Gasteiger partial charge in [0.15, 0.2) is 0 Å². The molecule has 0 bridgehead atoms. The molecule has 0 aromatic heterocycles. The third kappa shape index (κ3) is 3.47. The van der Waals surface area contributed by atoms with Crippen molar-refractivity contribution in [3.63, 3.8) is 0 Å². The van der Waals surface area contributed by atoms with Crippen molar-refractivity contribution in [1.82, 2.24) is 5.32 Å². The van der Waals surface area contributed by atoms with E-state index in [-0.39, 0.29) is 18.3 Å². The van der Waals surface area contributed by atoms with Crippen molar-refractivity contribution in [2.24, 2.45) is 0 Å². The van der Waals surface area contributed by atoms with Gasteiger partial charge in [0.2, 0.25) is 0 Å². The number of hydrogen-bond donors (Lipinski definition) is 1. The first-order chi connectivity index (χ1) is 8.31. The zero-order chi connectivity index (χ0) is 12.1. The summed E-state index contributed by atoms with van der Waals surface area (Å²) in [6.07, 6.45) is 2.12. The van der Waals surface area contributed by atoms with Crippen LogP contribution in [0.3, 0.4) is 0 Å². The molecule has 2 aromatic carbocycles. The van der Waals surface area contributed by atoms with E-state index in [1.54, 1.807) is 0 Å². The summed E-state index contributed by atoms with van der Waals surface area (Å²) in [5.41, 5.74) is 0.736. The van der Waals surface area contributed by atoms with E-state index in [4.69, 9.17) is 0 Å². The van der Waals surface area contributed by atoms with Crippen LogP contribution in [0, 0.1) is 0 Å². The van der Waals surface area contributed by atoms with Gasteiger partial charge < -0.3 is 5.32 Å². The average Bonchev–Trinajstić information content (AvgIpc) is 2.38. The minimum absolute atomic E-state index is 0. The molecule has 3 heteroatoms. The first-order valence-electron chi connectivity index (χ1n) is 6.08. The monoisotopic (exact) mass is 263 g/mol. The minimum Gasteiger partial charge on any atom is -0.352 e. The van der Waals surface area contributed by atoms with E-state index in [1.165, 1.54) is 0 Å². The fraction of sp³-hybridized carbons (Fsp3) is 0.267. The van der Waals surface area contributed by atoms with Gasteiger partial charge in [-0.15, -0.1) is 12.4 Å². The van der Waals surface area contributed by atoms with Crippen molar-refractivity contribution < 1.29 is 4.79 Å². The lowest BCUT2D eigenvalue weighted by Gasteiger charge is -2.05. The topological polar surface area (TPSA) is 29.1 Å². The lowest BCUT2D eigenvalue weighted by Crippen LogP contribution is -2.24. The van der Waals surface area contributed by atoms with Crippen molar-refractivity contribution in [2.75, 3.05) is 6.54 Å². The van der Waals surface area contributed by atoms with E-state index >= 15 is 0 Å². The molecular formula is C15H18ClNO. The molecule has 0 spiro atoms. The quantitative estimate of drug-likeness (QED) is 0.836. The number of rotatable bonds is 4. The van der Waals surface area contributed by atoms with Gasteiger partial charge in [0, 0.05) is 12.1 Å². The molecule has 0 atom stereocenters. The molecule has 0 unspecified atom stereocenters. The van der Waals surface area contributed by atoms with Crippen molar-refractivity contribution in [1.29, 1.82) is 0 Å². The molecule has 2 aromatic rings. The van der Waals surface area contributed by atoms with Crippen LogP contribution in [0.2, 0.25) is 0 Å². The number of unbranched alkanes of at least 4 members (excludes halogenated alkanes) is 1. The number of nitrogens with one attached hydrogen (secondary N) is 1. The number of carbonyl (C=O) groups is 1. The number of amides is 1. The van der Waals surface area contributed by atoms with E-state index in [1.807, 2.05) is 42.5 Å². The van der Waals surface area contributed by atoms with Crippen LogP contribution in [0.15, 0.2) is 42.5 Å². The molecule has 0 saturated carbocycles. The largest absolute Gasteiger partial charge is 0.352 e. The fourth-order valence-corrected chi connectivity index (χ4v) is 1.81. The molecular weight excluding hydrogens is 246 g/mol. The van der Waals surface area contributed by atoms with E-state index in [0.29, 0.717) is 0 Å². The Hall–Kier alpha value is -1.54. The molecule has 18 heavy (non-hydrogen) atoms. The molecule has 0 fully saturated rings. The second-order valence-corrected chi connectivity index (χ2v) is 4.17. The maximum absolute atomic E-state index is 11.9. The highest BCUT2D eigenvalue weighted by Gasteiger charge is 2.04. The second kappa shape index (κ2) is 7.02. The first-order valence-corrected chi connectivity index (χ1v) is 6.08. The lowest BCUT2D eigenvalue weighted by molar-refractivity contribution is 0.0953. The smallest absolute Gasteiger partial charge is 0.251 e. The number of carbonyl (C=O) groups excluding carboxylic acids is 1. The van der Waals surface area contributed by atoms with E-state index in [2.05, 4.69) is 12.2 Å². The third-order valence-corrected chi connectivity index (χ3v) is 2.83. The number of halogens is 1. The Balaban J connectivity index is 0.00000162. The van der Waals surface area contributed by atoms with Crippen LogP contribution in [0.4, 0.5) is 0 Å². The Bertz CT molecular complexity index is 525. The lowest BCUT2D eigenvalue weighted by atomic mass is 10.1. The number of fused-ring (bicyclic) bond motifs is 1. The third-order valence-electron chi connectivity index (χ3n) is 2.83. The molecule has 96 valence electrons. The Kier molecular flexibility index (Phi) is 5.66. The summed E-state index contributed by atoms with van der Waals surface area (Å²) < 4.78 is 0. The average molecular weight is 264 g/mol. The van der Waals surface area contributed by atoms with Gasteiger partial charge >= 0.3 is 0 Å². The van der Waals surface area contributed by atoms with Gasteiger partial charge in [-0.1, -0.05) is 43.7 Å². The Morgan fingerprint density at radius 1 is 1.11 bits per heavy atom. The number of hydrogen-bond acceptors (Lipinski definition) is 1. The van der Waals surface area contributed by atoms with Crippen LogP contribution < -0.4 is 5.32 Å². The van der Waals surface area contributed by atoms with Crippen LogP contribution in [0.1, 0.15) is 30.1 Å². The molecule has 1 amide bonds. The summed E-state index contributed by atoms with van der Waals surface area (Å²) in [7, 11) is 0. The first kappa shape index (κ1) is 14.5. The Morgan fingerprint density at radius 3 is 2.56 bits per heavy atom. The molecule has 2 rings (SSSR count). The Morgan fingerprint density at radius 2 is 1.83 bits per heavy atom. The molecule has 0 aliphatic rings. The summed E-state index contributed by atoms with van der Waals surface area (Å²) in [5, 5.41) is 5.20. The van der Waals surface area contributed by atoms with Crippen LogP contribution in [-0.4, -0.2) is 12.5 Å². The zero-order valence-corrected chi connectivity index (χ0v) is 11.3. The highest BCUT2D eigenvalue weighted by Crippen LogP contribution is 2.15. The SMILES string of the molecule is CCCCNC(=O)c1ccc2ccccc2c1.Cl. The highest BCUT2D eigenvalue weighted by atomic mass is 35.5. The number of benzene rings is 2. The van der Waals surface area contributed by atoms with E-state index < -0.39 is 0 Å². The summed E-state index contributed by atoms with van der Waals surface area (Å²) in [6.45, 7) is 2.87. The van der Waals surface area contributed by atoms with E-state index in [9.17, 15) is 4.79 Å². The summed E-state index contributed by atoms with van der Waals surface area (Å²) in [6, 6.07) is 13.9. The molecule has 0 saturated heterocycles. The van der Waals surface area contributed by atoms with Crippen LogP contribution in [0.25, 0.3) is 10.8 Å². The van der Waals surface area contributed by atoms with Gasteiger partial charge in [-0.25, -0.2) is 0 Å². The maximum Gasteiger partial charge on any atom is 0.251 e. The van der Waals surface area contributed by atoms with Gasteiger partial charge in [-0.3, -0.25) is 4.79 Å². The van der Waals surface area contributed by atoms with Gasteiger partial charge in [0.05, 0.1) is 0 Å². The Labute approximate surface area is 114 Å². The molecule has 0 aliphatic carbocycles. The summed E-state index contributed by atoms with van der Waals surface area (Å²) in [5.74, 6) is 0.0178. The molecule has 1 N–H and O–H groups in total. The van der Waals surface area contributed by atoms with Crippen molar-refractivity contribution >= 4 is 29.1 Å². The minimum atomic E-state index is 0. The summed E-state index contributed by atoms with van der Waals surface area (Å²) in [4.78, 5) is 11.9. The van der Waals surface area contributed by atoms with Crippen molar-refractivity contribution in [3.05, 3.63) is 48.0 Å². The maximum atomic E-state index is 11.9. The zero-order valence-electron chi connectivity index (χ0n) is 10.5.